The average Bonchev–Trinajstić information content (AvgIpc) is 2.21. The Morgan fingerprint density at radius 3 is 2.60 bits per heavy atom. The van der Waals surface area contributed by atoms with E-state index in [4.69, 9.17) is 0 Å². The summed E-state index contributed by atoms with van der Waals surface area (Å²) in [6, 6.07) is 4.02. The molecule has 15 heavy (non-hydrogen) atoms. The van der Waals surface area contributed by atoms with Crippen LogP contribution in [0.5, 0.6) is 5.75 Å². The van der Waals surface area contributed by atoms with Gasteiger partial charge in [-0.05, 0) is 32.0 Å². The maximum absolute atomic E-state index is 9.98. The van der Waals surface area contributed by atoms with Crippen molar-refractivity contribution in [2.45, 2.75) is 39.7 Å². The number of unbranched alkanes of at least 4 members (excludes halogenated alkanes) is 1. The summed E-state index contributed by atoms with van der Waals surface area (Å²) < 4.78 is 0. The van der Waals surface area contributed by atoms with Crippen molar-refractivity contribution >= 4 is 6.72 Å². The molecule has 0 atom stereocenters. The molecule has 0 unspecified atom stereocenters. The summed E-state index contributed by atoms with van der Waals surface area (Å²) in [4.78, 5) is 3.82. The molecule has 0 heterocycles. The predicted octanol–water partition coefficient (Wildman–Crippen LogP) is 3.24. The van der Waals surface area contributed by atoms with Crippen LogP contribution in [0.3, 0.4) is 0 Å². The first-order valence-corrected chi connectivity index (χ1v) is 5.42. The molecule has 0 spiro atoms. The van der Waals surface area contributed by atoms with E-state index in [1.165, 1.54) is 5.56 Å². The zero-order valence-corrected chi connectivity index (χ0v) is 9.58. The monoisotopic (exact) mass is 205 g/mol. The van der Waals surface area contributed by atoms with Crippen molar-refractivity contribution in [3.63, 3.8) is 0 Å². The highest BCUT2D eigenvalue weighted by Gasteiger charge is 2.07. The molecule has 0 saturated carbocycles. The van der Waals surface area contributed by atoms with E-state index in [0.717, 1.165) is 30.4 Å². The van der Waals surface area contributed by atoms with Crippen LogP contribution >= 0.6 is 0 Å². The van der Waals surface area contributed by atoms with Crippen LogP contribution in [-0.2, 0) is 13.0 Å². The number of aromatic hydroxyl groups is 1. The van der Waals surface area contributed by atoms with Gasteiger partial charge in [0, 0.05) is 5.56 Å². The fourth-order valence-corrected chi connectivity index (χ4v) is 1.73. The molecule has 0 aliphatic carbocycles. The van der Waals surface area contributed by atoms with E-state index >= 15 is 0 Å². The van der Waals surface area contributed by atoms with Gasteiger partial charge >= 0.3 is 0 Å². The van der Waals surface area contributed by atoms with Gasteiger partial charge in [-0.25, -0.2) is 0 Å². The molecule has 2 heteroatoms. The number of benzene rings is 1. The molecule has 0 fully saturated rings. The van der Waals surface area contributed by atoms with E-state index in [1.807, 2.05) is 13.0 Å². The zero-order chi connectivity index (χ0) is 11.3. The lowest BCUT2D eigenvalue weighted by Gasteiger charge is -2.09. The molecule has 0 aromatic heterocycles. The highest BCUT2D eigenvalue weighted by molar-refractivity contribution is 5.44. The van der Waals surface area contributed by atoms with Crippen LogP contribution in [0, 0.1) is 6.92 Å². The Bertz CT molecular complexity index is 345. The SMILES string of the molecule is C=NCc1cc(C)cc(CCCC)c1O. The maximum atomic E-state index is 9.98. The minimum absolute atomic E-state index is 0.404. The van der Waals surface area contributed by atoms with Crippen LogP contribution in [0.15, 0.2) is 17.1 Å². The highest BCUT2D eigenvalue weighted by Crippen LogP contribution is 2.26. The molecular formula is C13H19NO. The third kappa shape index (κ3) is 3.08. The second-order valence-corrected chi connectivity index (χ2v) is 3.92. The lowest BCUT2D eigenvalue weighted by atomic mass is 10.0. The van der Waals surface area contributed by atoms with Gasteiger partial charge < -0.3 is 5.11 Å². The summed E-state index contributed by atoms with van der Waals surface area (Å²) in [6.45, 7) is 8.15. The summed E-state index contributed by atoms with van der Waals surface area (Å²) in [5.41, 5.74) is 3.10. The number of aliphatic imine (C=N–C) groups is 1. The van der Waals surface area contributed by atoms with Crippen molar-refractivity contribution in [1.82, 2.24) is 0 Å². The smallest absolute Gasteiger partial charge is 0.123 e. The maximum Gasteiger partial charge on any atom is 0.123 e. The number of phenolic OH excluding ortho intramolecular Hbond substituents is 1. The largest absolute Gasteiger partial charge is 0.507 e. The van der Waals surface area contributed by atoms with Gasteiger partial charge in [-0.2, -0.15) is 0 Å². The van der Waals surface area contributed by atoms with E-state index in [1.54, 1.807) is 0 Å². The number of hydrogen-bond acceptors (Lipinski definition) is 2. The first-order chi connectivity index (χ1) is 7.19. The molecule has 1 aromatic rings. The van der Waals surface area contributed by atoms with E-state index in [0.29, 0.717) is 12.3 Å². The van der Waals surface area contributed by atoms with Gasteiger partial charge in [-0.15, -0.1) is 0 Å². The fourth-order valence-electron chi connectivity index (χ4n) is 1.73. The van der Waals surface area contributed by atoms with Gasteiger partial charge in [0.2, 0.25) is 0 Å². The second kappa shape index (κ2) is 5.54. The summed E-state index contributed by atoms with van der Waals surface area (Å²) in [6.07, 6.45) is 3.19. The van der Waals surface area contributed by atoms with Crippen molar-refractivity contribution in [3.05, 3.63) is 28.8 Å². The van der Waals surface area contributed by atoms with Crippen molar-refractivity contribution < 1.29 is 5.11 Å². The number of rotatable bonds is 5. The lowest BCUT2D eigenvalue weighted by Crippen LogP contribution is -1.93. The Morgan fingerprint density at radius 1 is 1.33 bits per heavy atom. The van der Waals surface area contributed by atoms with Gasteiger partial charge in [0.25, 0.3) is 0 Å². The van der Waals surface area contributed by atoms with Crippen LogP contribution < -0.4 is 0 Å². The number of nitrogens with zero attached hydrogens (tertiary/aromatic N) is 1. The summed E-state index contributed by atoms with van der Waals surface area (Å²) in [5.74, 6) is 0.404. The van der Waals surface area contributed by atoms with E-state index in [9.17, 15) is 5.11 Å². The van der Waals surface area contributed by atoms with E-state index in [-0.39, 0.29) is 0 Å². The van der Waals surface area contributed by atoms with Gasteiger partial charge in [-0.1, -0.05) is 31.0 Å². The molecule has 2 nitrogen and oxygen atoms in total. The number of aryl methyl sites for hydroxylation is 2. The first-order valence-electron chi connectivity index (χ1n) is 5.42. The van der Waals surface area contributed by atoms with Crippen molar-refractivity contribution in [3.8, 4) is 5.75 Å². The third-order valence-electron chi connectivity index (χ3n) is 2.49. The quantitative estimate of drug-likeness (QED) is 0.735. The van der Waals surface area contributed by atoms with Crippen molar-refractivity contribution in [1.29, 1.82) is 0 Å². The molecule has 1 N–H and O–H groups in total. The van der Waals surface area contributed by atoms with Gasteiger partial charge in [0.1, 0.15) is 5.75 Å². The minimum atomic E-state index is 0.404. The first kappa shape index (κ1) is 11.8. The summed E-state index contributed by atoms with van der Waals surface area (Å²) in [5, 5.41) is 9.98. The van der Waals surface area contributed by atoms with Gasteiger partial charge in [0.05, 0.1) is 6.54 Å². The van der Waals surface area contributed by atoms with Crippen LogP contribution in [0.1, 0.15) is 36.5 Å². The van der Waals surface area contributed by atoms with Crippen LogP contribution in [0.2, 0.25) is 0 Å². The second-order valence-electron chi connectivity index (χ2n) is 3.92. The van der Waals surface area contributed by atoms with Crippen LogP contribution in [0.25, 0.3) is 0 Å². The van der Waals surface area contributed by atoms with E-state index < -0.39 is 0 Å². The van der Waals surface area contributed by atoms with Gasteiger partial charge in [-0.3, -0.25) is 4.99 Å². The predicted molar refractivity (Wildman–Crippen MR) is 64.7 cm³/mol. The molecule has 82 valence electrons. The van der Waals surface area contributed by atoms with Crippen LogP contribution in [0.4, 0.5) is 0 Å². The fraction of sp³-hybridized carbons (Fsp3) is 0.462. The Labute approximate surface area is 91.7 Å². The Hall–Kier alpha value is -1.31. The van der Waals surface area contributed by atoms with Crippen LogP contribution in [-0.4, -0.2) is 11.8 Å². The van der Waals surface area contributed by atoms with E-state index in [2.05, 4.69) is 24.7 Å². The average molecular weight is 205 g/mol. The summed E-state index contributed by atoms with van der Waals surface area (Å²) in [7, 11) is 0. The molecule has 0 aliphatic heterocycles. The van der Waals surface area contributed by atoms with Crippen molar-refractivity contribution in [2.75, 3.05) is 0 Å². The molecule has 0 radical (unpaired) electrons. The Kier molecular flexibility index (Phi) is 4.35. The highest BCUT2D eigenvalue weighted by atomic mass is 16.3. The Balaban J connectivity index is 2.98. The standard InChI is InChI=1S/C13H19NO/c1-4-5-6-11-7-10(2)8-12(9-14-3)13(11)15/h7-8,15H,3-6,9H2,1-2H3. The van der Waals surface area contributed by atoms with Crippen molar-refractivity contribution in [2.24, 2.45) is 4.99 Å². The zero-order valence-electron chi connectivity index (χ0n) is 9.58. The normalized spacial score (nSPS) is 10.3. The van der Waals surface area contributed by atoms with Gasteiger partial charge in [0.15, 0.2) is 0 Å². The molecule has 0 amide bonds. The topological polar surface area (TPSA) is 32.6 Å². The lowest BCUT2D eigenvalue weighted by molar-refractivity contribution is 0.460. The minimum Gasteiger partial charge on any atom is -0.507 e. The number of phenols is 1. The molecule has 1 aromatic carbocycles. The number of hydrogen-bond donors (Lipinski definition) is 1. The molecule has 0 aliphatic rings. The molecule has 0 saturated heterocycles. The summed E-state index contributed by atoms with van der Waals surface area (Å²) >= 11 is 0. The molecule has 0 bridgehead atoms. The molecule has 1 rings (SSSR count). The third-order valence-corrected chi connectivity index (χ3v) is 2.49. The Morgan fingerprint density at radius 2 is 2.00 bits per heavy atom. The molecular weight excluding hydrogens is 186 g/mol.